The Kier molecular flexibility index (Phi) is 6.39. The van der Waals surface area contributed by atoms with Gasteiger partial charge in [0, 0.05) is 26.8 Å². The molecule has 0 radical (unpaired) electrons. The molecule has 5 unspecified atom stereocenters. The van der Waals surface area contributed by atoms with Gasteiger partial charge >= 0.3 is 0 Å². The number of hydrogen-bond donors (Lipinski definition) is 6. The highest BCUT2D eigenvalue weighted by molar-refractivity contribution is 14.1. The molecule has 0 spiro atoms. The first-order valence-corrected chi connectivity index (χ1v) is 10.9. The summed E-state index contributed by atoms with van der Waals surface area (Å²) < 4.78 is 1.05. The number of nitrogens with one attached hydrogen (secondary N) is 2. The van der Waals surface area contributed by atoms with Crippen molar-refractivity contribution in [1.82, 2.24) is 15.5 Å². The minimum absolute atomic E-state index is 0.191. The van der Waals surface area contributed by atoms with Crippen LogP contribution in [0, 0.1) is 3.57 Å². The van der Waals surface area contributed by atoms with Gasteiger partial charge in [-0.1, -0.05) is 12.1 Å². The number of halogens is 1. The predicted molar refractivity (Wildman–Crippen MR) is 117 cm³/mol. The lowest BCUT2D eigenvalue weighted by Gasteiger charge is -2.40. The smallest absolute Gasteiger partial charge is 0.251 e. The predicted octanol–water partition coefficient (Wildman–Crippen LogP) is 0.907. The summed E-state index contributed by atoms with van der Waals surface area (Å²) in [6.07, 6.45) is -3.21. The second-order valence-corrected chi connectivity index (χ2v) is 8.87. The second kappa shape index (κ2) is 8.87. The topological polar surface area (TPSA) is 125 Å². The van der Waals surface area contributed by atoms with E-state index in [0.717, 1.165) is 9.13 Å². The van der Waals surface area contributed by atoms with Crippen LogP contribution in [0.3, 0.4) is 0 Å². The summed E-state index contributed by atoms with van der Waals surface area (Å²) in [6.45, 7) is 0.278. The van der Waals surface area contributed by atoms with E-state index in [4.69, 9.17) is 0 Å². The molecule has 2 aliphatic heterocycles. The average Bonchev–Trinajstić information content (AvgIpc) is 2.97. The van der Waals surface area contributed by atoms with Gasteiger partial charge < -0.3 is 25.7 Å². The van der Waals surface area contributed by atoms with Crippen LogP contribution in [0.25, 0.3) is 0 Å². The summed E-state index contributed by atoms with van der Waals surface area (Å²) in [7, 11) is 0. The number of benzene rings is 2. The molecule has 1 saturated heterocycles. The van der Waals surface area contributed by atoms with Gasteiger partial charge in [0.25, 0.3) is 5.91 Å². The molecule has 160 valence electrons. The molecule has 30 heavy (non-hydrogen) atoms. The first-order chi connectivity index (χ1) is 14.3. The Labute approximate surface area is 187 Å². The van der Waals surface area contributed by atoms with Crippen molar-refractivity contribution in [3.8, 4) is 0 Å². The molecule has 2 aliphatic rings. The Hall–Kier alpha value is -1.60. The third kappa shape index (κ3) is 4.24. The lowest BCUT2D eigenvalue weighted by atomic mass is 10.0. The highest BCUT2D eigenvalue weighted by atomic mass is 127. The number of aliphatic hydroxyl groups excluding tert-OH is 4. The third-order valence-electron chi connectivity index (χ3n) is 5.68. The zero-order chi connectivity index (χ0) is 21.4. The van der Waals surface area contributed by atoms with Gasteiger partial charge in [-0.3, -0.25) is 10.1 Å². The van der Waals surface area contributed by atoms with Crippen LogP contribution >= 0.6 is 22.6 Å². The number of piperidine rings is 1. The number of carbonyl (C=O) groups is 1. The van der Waals surface area contributed by atoms with E-state index < -0.39 is 31.0 Å². The highest BCUT2D eigenvalue weighted by Gasteiger charge is 2.44. The van der Waals surface area contributed by atoms with Gasteiger partial charge in [-0.25, -0.2) is 4.90 Å². The molecule has 0 bridgehead atoms. The van der Waals surface area contributed by atoms with Gasteiger partial charge in [-0.2, -0.15) is 0 Å². The average molecular weight is 525 g/mol. The summed E-state index contributed by atoms with van der Waals surface area (Å²) in [5, 5.41) is 46.9. The van der Waals surface area contributed by atoms with Crippen LogP contribution in [0.15, 0.2) is 42.5 Å². The molecule has 8 nitrogen and oxygen atoms in total. The quantitative estimate of drug-likeness (QED) is 0.328. The van der Waals surface area contributed by atoms with E-state index in [0.29, 0.717) is 29.5 Å². The number of rotatable bonds is 4. The van der Waals surface area contributed by atoms with Gasteiger partial charge in [0.2, 0.25) is 0 Å². The first kappa shape index (κ1) is 21.6. The van der Waals surface area contributed by atoms with Gasteiger partial charge in [0.1, 0.15) is 24.9 Å². The monoisotopic (exact) mass is 525 g/mol. The fourth-order valence-corrected chi connectivity index (χ4v) is 4.45. The van der Waals surface area contributed by atoms with Crippen LogP contribution in [0.1, 0.15) is 52.3 Å². The van der Waals surface area contributed by atoms with Crippen molar-refractivity contribution in [2.45, 2.75) is 50.3 Å². The minimum atomic E-state index is -1.10. The van der Waals surface area contributed by atoms with Crippen molar-refractivity contribution in [1.29, 1.82) is 0 Å². The molecule has 0 aromatic heterocycles. The summed E-state index contributed by atoms with van der Waals surface area (Å²) in [5.41, 5.74) is 2.47. The molecule has 0 saturated carbocycles. The molecule has 4 rings (SSSR count). The number of nitrogens with zero attached hydrogens (tertiary/aromatic N) is 1. The van der Waals surface area contributed by atoms with Crippen molar-refractivity contribution in [3.63, 3.8) is 0 Å². The number of aliphatic hydroxyl groups is 4. The van der Waals surface area contributed by atoms with Crippen molar-refractivity contribution in [2.75, 3.05) is 0 Å². The zero-order valence-electron chi connectivity index (χ0n) is 16.1. The molecule has 9 heteroatoms. The second-order valence-electron chi connectivity index (χ2n) is 7.62. The Bertz CT molecular complexity index is 925. The number of amides is 1. The molecule has 1 amide bonds. The molecule has 1 fully saturated rings. The van der Waals surface area contributed by atoms with E-state index in [-0.39, 0.29) is 12.5 Å². The third-order valence-corrected chi connectivity index (χ3v) is 6.40. The van der Waals surface area contributed by atoms with E-state index in [2.05, 4.69) is 33.2 Å². The van der Waals surface area contributed by atoms with Gasteiger partial charge in [0.05, 0.1) is 6.04 Å². The van der Waals surface area contributed by atoms with Crippen molar-refractivity contribution < 1.29 is 25.2 Å². The Morgan fingerprint density at radius 2 is 1.73 bits per heavy atom. The standard InChI is InChI=1S/C21H24IN3O5/c22-13-4-2-12(3-5-13)18(27)23-10-11-1-6-14-15(9-11)21(30)25(20(14)29)16-7-8-17(26)24-19(16)28/h1-6,9,16-17,19-21,24,26,28-30H,7-8,10H2,(H,23,27). The maximum atomic E-state index is 12.3. The van der Waals surface area contributed by atoms with Crippen LogP contribution in [0.2, 0.25) is 0 Å². The SMILES string of the molecule is O=C(NCc1ccc2c(c1)C(O)N(C1CCC(O)NC1O)C2O)c1ccc(I)cc1. The lowest BCUT2D eigenvalue weighted by molar-refractivity contribution is -0.159. The summed E-state index contributed by atoms with van der Waals surface area (Å²) >= 11 is 2.18. The summed E-state index contributed by atoms with van der Waals surface area (Å²) in [4.78, 5) is 13.8. The maximum absolute atomic E-state index is 12.3. The lowest BCUT2D eigenvalue weighted by Crippen LogP contribution is -2.57. The van der Waals surface area contributed by atoms with E-state index in [1.54, 1.807) is 30.3 Å². The molecule has 2 aromatic carbocycles. The number of fused-ring (bicyclic) bond motifs is 1. The molecular weight excluding hydrogens is 501 g/mol. The number of carbonyl (C=O) groups excluding carboxylic acids is 1. The molecule has 2 heterocycles. The maximum Gasteiger partial charge on any atom is 0.251 e. The summed E-state index contributed by atoms with van der Waals surface area (Å²) in [6, 6.07) is 12.0. The normalized spacial score (nSPS) is 28.9. The van der Waals surface area contributed by atoms with Crippen molar-refractivity contribution >= 4 is 28.5 Å². The molecule has 6 N–H and O–H groups in total. The van der Waals surface area contributed by atoms with Gasteiger partial charge in [0.15, 0.2) is 0 Å². The largest absolute Gasteiger partial charge is 0.379 e. The van der Waals surface area contributed by atoms with Gasteiger partial charge in [-0.15, -0.1) is 0 Å². The van der Waals surface area contributed by atoms with E-state index >= 15 is 0 Å². The Balaban J connectivity index is 1.46. The van der Waals surface area contributed by atoms with Crippen LogP contribution < -0.4 is 10.6 Å². The zero-order valence-corrected chi connectivity index (χ0v) is 18.2. The fraction of sp³-hybridized carbons (Fsp3) is 0.381. The first-order valence-electron chi connectivity index (χ1n) is 9.77. The molecule has 2 aromatic rings. The minimum Gasteiger partial charge on any atom is -0.379 e. The molecular formula is C21H24IN3O5. The summed E-state index contributed by atoms with van der Waals surface area (Å²) in [5.74, 6) is -0.191. The van der Waals surface area contributed by atoms with E-state index in [9.17, 15) is 25.2 Å². The molecule has 5 atom stereocenters. The molecule has 0 aliphatic carbocycles. The van der Waals surface area contributed by atoms with E-state index in [1.165, 1.54) is 4.90 Å². The van der Waals surface area contributed by atoms with Crippen LogP contribution in [-0.4, -0.2) is 49.7 Å². The Morgan fingerprint density at radius 1 is 1.03 bits per heavy atom. The fourth-order valence-electron chi connectivity index (χ4n) is 4.09. The van der Waals surface area contributed by atoms with Gasteiger partial charge in [-0.05, 0) is 71.3 Å². The van der Waals surface area contributed by atoms with Crippen LogP contribution in [0.5, 0.6) is 0 Å². The van der Waals surface area contributed by atoms with Crippen molar-refractivity contribution in [3.05, 3.63) is 68.3 Å². The Morgan fingerprint density at radius 3 is 2.43 bits per heavy atom. The van der Waals surface area contributed by atoms with Crippen LogP contribution in [-0.2, 0) is 6.54 Å². The van der Waals surface area contributed by atoms with E-state index in [1.807, 2.05) is 12.1 Å². The highest BCUT2D eigenvalue weighted by Crippen LogP contribution is 2.42. The van der Waals surface area contributed by atoms with Crippen molar-refractivity contribution in [2.24, 2.45) is 0 Å². The number of hydrogen-bond acceptors (Lipinski definition) is 7. The van der Waals surface area contributed by atoms with Crippen LogP contribution in [0.4, 0.5) is 0 Å².